The molecular formula is C17H15FN2O. The highest BCUT2D eigenvalue weighted by Crippen LogP contribution is 2.19. The van der Waals surface area contributed by atoms with Gasteiger partial charge in [0.2, 0.25) is 5.91 Å². The number of fused-ring (bicyclic) bond motifs is 1. The van der Waals surface area contributed by atoms with E-state index in [0.717, 1.165) is 22.0 Å². The van der Waals surface area contributed by atoms with Crippen LogP contribution in [0, 0.1) is 12.7 Å². The highest BCUT2D eigenvalue weighted by Gasteiger charge is 2.10. The number of halogens is 1. The van der Waals surface area contributed by atoms with Crippen LogP contribution in [0.25, 0.3) is 10.9 Å². The molecule has 3 rings (SSSR count). The third kappa shape index (κ3) is 2.79. The lowest BCUT2D eigenvalue weighted by Crippen LogP contribution is -2.15. The maximum Gasteiger partial charge on any atom is 0.228 e. The monoisotopic (exact) mass is 282 g/mol. The van der Waals surface area contributed by atoms with Gasteiger partial charge in [0.05, 0.1) is 12.1 Å². The molecule has 0 unspecified atom stereocenters. The number of amides is 1. The van der Waals surface area contributed by atoms with Gasteiger partial charge in [-0.3, -0.25) is 4.79 Å². The predicted molar refractivity (Wildman–Crippen MR) is 81.8 cm³/mol. The maximum absolute atomic E-state index is 13.7. The van der Waals surface area contributed by atoms with Crippen molar-refractivity contribution in [1.29, 1.82) is 0 Å². The first-order valence-corrected chi connectivity index (χ1v) is 6.74. The standard InChI is InChI=1S/C17H15FN2O/c1-11-6-7-16(14(18)8-11)20-17(21)9-12-10-19-15-5-3-2-4-13(12)15/h2-8,10,19H,9H2,1H3,(H,20,21). The van der Waals surface area contributed by atoms with Gasteiger partial charge in [0.1, 0.15) is 5.82 Å². The third-order valence-electron chi connectivity index (χ3n) is 3.42. The van der Waals surface area contributed by atoms with Gasteiger partial charge in [0, 0.05) is 17.1 Å². The zero-order chi connectivity index (χ0) is 14.8. The Morgan fingerprint density at radius 3 is 2.86 bits per heavy atom. The Morgan fingerprint density at radius 1 is 1.24 bits per heavy atom. The third-order valence-corrected chi connectivity index (χ3v) is 3.42. The molecule has 106 valence electrons. The summed E-state index contributed by atoms with van der Waals surface area (Å²) in [6.45, 7) is 1.81. The first-order valence-electron chi connectivity index (χ1n) is 6.74. The van der Waals surface area contributed by atoms with Crippen molar-refractivity contribution < 1.29 is 9.18 Å². The second-order valence-electron chi connectivity index (χ2n) is 5.07. The highest BCUT2D eigenvalue weighted by molar-refractivity contribution is 5.95. The summed E-state index contributed by atoms with van der Waals surface area (Å²) in [4.78, 5) is 15.2. The van der Waals surface area contributed by atoms with E-state index in [4.69, 9.17) is 0 Å². The van der Waals surface area contributed by atoms with Gasteiger partial charge in [-0.05, 0) is 36.2 Å². The molecule has 0 spiro atoms. The minimum Gasteiger partial charge on any atom is -0.361 e. The number of hydrogen-bond acceptors (Lipinski definition) is 1. The Labute approximate surface area is 121 Å². The molecule has 1 heterocycles. The Balaban J connectivity index is 1.77. The number of H-pyrrole nitrogens is 1. The molecule has 0 saturated heterocycles. The number of hydrogen-bond donors (Lipinski definition) is 2. The van der Waals surface area contributed by atoms with E-state index in [0.29, 0.717) is 0 Å². The molecule has 3 nitrogen and oxygen atoms in total. The minimum absolute atomic E-state index is 0.206. The summed E-state index contributed by atoms with van der Waals surface area (Å²) in [5, 5.41) is 3.62. The van der Waals surface area contributed by atoms with Crippen LogP contribution >= 0.6 is 0 Å². The molecule has 0 aliphatic carbocycles. The number of nitrogens with one attached hydrogen (secondary N) is 2. The fourth-order valence-electron chi connectivity index (χ4n) is 2.37. The lowest BCUT2D eigenvalue weighted by molar-refractivity contribution is -0.115. The smallest absolute Gasteiger partial charge is 0.228 e. The first-order chi connectivity index (χ1) is 10.1. The molecule has 0 atom stereocenters. The van der Waals surface area contributed by atoms with Crippen molar-refractivity contribution in [3.63, 3.8) is 0 Å². The number of para-hydroxylation sites is 1. The van der Waals surface area contributed by atoms with E-state index in [1.807, 2.05) is 30.5 Å². The molecule has 0 saturated carbocycles. The fraction of sp³-hybridized carbons (Fsp3) is 0.118. The van der Waals surface area contributed by atoms with Crippen molar-refractivity contribution in [2.45, 2.75) is 13.3 Å². The topological polar surface area (TPSA) is 44.9 Å². The molecule has 2 N–H and O–H groups in total. The Morgan fingerprint density at radius 2 is 2.05 bits per heavy atom. The quantitative estimate of drug-likeness (QED) is 0.754. The summed E-state index contributed by atoms with van der Waals surface area (Å²) in [5.41, 5.74) is 2.92. The molecule has 0 radical (unpaired) electrons. The average Bonchev–Trinajstić information content (AvgIpc) is 2.85. The van der Waals surface area contributed by atoms with E-state index < -0.39 is 5.82 Å². The van der Waals surface area contributed by atoms with Crippen LogP contribution in [0.5, 0.6) is 0 Å². The number of benzene rings is 2. The largest absolute Gasteiger partial charge is 0.361 e. The van der Waals surface area contributed by atoms with Gasteiger partial charge in [-0.25, -0.2) is 4.39 Å². The van der Waals surface area contributed by atoms with E-state index in [-0.39, 0.29) is 18.0 Å². The van der Waals surface area contributed by atoms with E-state index in [9.17, 15) is 9.18 Å². The number of rotatable bonds is 3. The van der Waals surface area contributed by atoms with Crippen LogP contribution in [0.3, 0.4) is 0 Å². The SMILES string of the molecule is Cc1ccc(NC(=O)Cc2c[nH]c3ccccc23)c(F)c1. The lowest BCUT2D eigenvalue weighted by Gasteiger charge is -2.06. The summed E-state index contributed by atoms with van der Waals surface area (Å²) < 4.78 is 13.7. The molecule has 21 heavy (non-hydrogen) atoms. The van der Waals surface area contributed by atoms with E-state index in [2.05, 4.69) is 10.3 Å². The Hall–Kier alpha value is -2.62. The molecular weight excluding hydrogens is 267 g/mol. The van der Waals surface area contributed by atoms with Crippen LogP contribution in [-0.2, 0) is 11.2 Å². The van der Waals surface area contributed by atoms with Crippen molar-refractivity contribution in [1.82, 2.24) is 4.98 Å². The summed E-state index contributed by atoms with van der Waals surface area (Å²) in [6, 6.07) is 12.5. The van der Waals surface area contributed by atoms with Gasteiger partial charge < -0.3 is 10.3 Å². The maximum atomic E-state index is 13.7. The van der Waals surface area contributed by atoms with Gasteiger partial charge in [-0.1, -0.05) is 24.3 Å². The van der Waals surface area contributed by atoms with E-state index in [1.165, 1.54) is 6.07 Å². The molecule has 3 aromatic rings. The first kappa shape index (κ1) is 13.4. The highest BCUT2D eigenvalue weighted by atomic mass is 19.1. The lowest BCUT2D eigenvalue weighted by atomic mass is 10.1. The molecule has 0 fully saturated rings. The predicted octanol–water partition coefficient (Wildman–Crippen LogP) is 3.80. The summed E-state index contributed by atoms with van der Waals surface area (Å²) in [7, 11) is 0. The van der Waals surface area contributed by atoms with Crippen LogP contribution in [0.2, 0.25) is 0 Å². The van der Waals surface area contributed by atoms with Gasteiger partial charge in [0.15, 0.2) is 0 Å². The van der Waals surface area contributed by atoms with Crippen LogP contribution < -0.4 is 5.32 Å². The second kappa shape index (κ2) is 5.40. The van der Waals surface area contributed by atoms with E-state index in [1.54, 1.807) is 19.1 Å². The van der Waals surface area contributed by atoms with Gasteiger partial charge in [-0.15, -0.1) is 0 Å². The van der Waals surface area contributed by atoms with Crippen molar-refractivity contribution in [3.05, 3.63) is 65.6 Å². The summed E-state index contributed by atoms with van der Waals surface area (Å²) >= 11 is 0. The second-order valence-corrected chi connectivity index (χ2v) is 5.07. The van der Waals surface area contributed by atoms with Crippen LogP contribution in [0.4, 0.5) is 10.1 Å². The Bertz CT molecular complexity index is 807. The number of carbonyl (C=O) groups excluding carboxylic acids is 1. The van der Waals surface area contributed by atoms with Crippen LogP contribution in [0.1, 0.15) is 11.1 Å². The minimum atomic E-state index is -0.415. The van der Waals surface area contributed by atoms with Crippen molar-refractivity contribution >= 4 is 22.5 Å². The summed E-state index contributed by atoms with van der Waals surface area (Å²) in [5.74, 6) is -0.648. The van der Waals surface area contributed by atoms with Gasteiger partial charge in [0.25, 0.3) is 0 Å². The number of anilines is 1. The van der Waals surface area contributed by atoms with Gasteiger partial charge in [-0.2, -0.15) is 0 Å². The molecule has 4 heteroatoms. The van der Waals surface area contributed by atoms with Crippen molar-refractivity contribution in [3.8, 4) is 0 Å². The van der Waals surface area contributed by atoms with Crippen molar-refractivity contribution in [2.75, 3.05) is 5.32 Å². The molecule has 0 aliphatic rings. The van der Waals surface area contributed by atoms with Gasteiger partial charge >= 0.3 is 0 Å². The van der Waals surface area contributed by atoms with E-state index >= 15 is 0 Å². The average molecular weight is 282 g/mol. The molecule has 1 aromatic heterocycles. The molecule has 2 aromatic carbocycles. The fourth-order valence-corrected chi connectivity index (χ4v) is 2.37. The normalized spacial score (nSPS) is 10.8. The zero-order valence-corrected chi connectivity index (χ0v) is 11.6. The van der Waals surface area contributed by atoms with Crippen LogP contribution in [0.15, 0.2) is 48.7 Å². The van der Waals surface area contributed by atoms with Crippen molar-refractivity contribution in [2.24, 2.45) is 0 Å². The number of carbonyl (C=O) groups is 1. The molecule has 0 aliphatic heterocycles. The number of aromatic amines is 1. The number of aromatic nitrogens is 1. The zero-order valence-electron chi connectivity index (χ0n) is 11.6. The molecule has 1 amide bonds. The number of aryl methyl sites for hydroxylation is 1. The summed E-state index contributed by atoms with van der Waals surface area (Å²) in [6.07, 6.45) is 2.02. The van der Waals surface area contributed by atoms with Crippen LogP contribution in [-0.4, -0.2) is 10.9 Å². The Kier molecular flexibility index (Phi) is 3.44. The molecule has 0 bridgehead atoms.